The predicted octanol–water partition coefficient (Wildman–Crippen LogP) is 3.91. The van der Waals surface area contributed by atoms with Gasteiger partial charge in [0.25, 0.3) is 0 Å². The third kappa shape index (κ3) is 5.23. The molecule has 0 radical (unpaired) electrons. The van der Waals surface area contributed by atoms with Crippen LogP contribution in [-0.4, -0.2) is 32.1 Å². The quantitative estimate of drug-likeness (QED) is 0.700. The van der Waals surface area contributed by atoms with Crippen molar-refractivity contribution in [3.63, 3.8) is 0 Å². The van der Waals surface area contributed by atoms with E-state index in [1.165, 1.54) is 0 Å². The van der Waals surface area contributed by atoms with Crippen molar-refractivity contribution in [2.24, 2.45) is 0 Å². The van der Waals surface area contributed by atoms with Gasteiger partial charge in [0.15, 0.2) is 6.29 Å². The van der Waals surface area contributed by atoms with Gasteiger partial charge in [0, 0.05) is 13.2 Å². The van der Waals surface area contributed by atoms with Crippen molar-refractivity contribution in [1.82, 2.24) is 5.32 Å². The minimum atomic E-state index is -0.292. The highest BCUT2D eigenvalue weighted by Crippen LogP contribution is 2.27. The number of hydrogen-bond acceptors (Lipinski definition) is 3. The van der Waals surface area contributed by atoms with Gasteiger partial charge >= 0.3 is 0 Å². The van der Waals surface area contributed by atoms with Gasteiger partial charge in [0.1, 0.15) is 0 Å². The van der Waals surface area contributed by atoms with E-state index in [1.807, 2.05) is 26.0 Å². The summed E-state index contributed by atoms with van der Waals surface area (Å²) in [6, 6.07) is 5.71. The van der Waals surface area contributed by atoms with Crippen molar-refractivity contribution >= 4 is 23.2 Å². The molecule has 20 heavy (non-hydrogen) atoms. The van der Waals surface area contributed by atoms with E-state index in [1.54, 1.807) is 6.07 Å². The highest BCUT2D eigenvalue weighted by molar-refractivity contribution is 6.42. The van der Waals surface area contributed by atoms with E-state index in [-0.39, 0.29) is 12.3 Å². The van der Waals surface area contributed by atoms with Crippen LogP contribution in [0.4, 0.5) is 0 Å². The van der Waals surface area contributed by atoms with Crippen LogP contribution in [0, 0.1) is 0 Å². The maximum Gasteiger partial charge on any atom is 0.172 e. The first kappa shape index (κ1) is 17.7. The molecule has 0 saturated carbocycles. The van der Waals surface area contributed by atoms with E-state index in [2.05, 4.69) is 12.2 Å². The Kier molecular flexibility index (Phi) is 8.50. The molecule has 114 valence electrons. The van der Waals surface area contributed by atoms with Crippen LogP contribution in [0.2, 0.25) is 10.0 Å². The zero-order valence-corrected chi connectivity index (χ0v) is 13.8. The summed E-state index contributed by atoms with van der Waals surface area (Å²) in [7, 11) is 0. The first-order valence-corrected chi connectivity index (χ1v) is 7.79. The minimum absolute atomic E-state index is 0.0378. The summed E-state index contributed by atoms with van der Waals surface area (Å²) in [5.74, 6) is 0. The molecule has 3 nitrogen and oxygen atoms in total. The SMILES string of the molecule is CCNC(Cc1cccc(Cl)c1Cl)C(OCC)OCC. The Morgan fingerprint density at radius 3 is 2.30 bits per heavy atom. The number of likely N-dealkylation sites (N-methyl/N-ethyl adjacent to an activating group) is 1. The molecular formula is C15H23Cl2NO2. The fourth-order valence-corrected chi connectivity index (χ4v) is 2.48. The number of halogens is 2. The minimum Gasteiger partial charge on any atom is -0.351 e. The van der Waals surface area contributed by atoms with Gasteiger partial charge in [-0.05, 0) is 38.4 Å². The summed E-state index contributed by atoms with van der Waals surface area (Å²) in [4.78, 5) is 0. The third-order valence-electron chi connectivity index (χ3n) is 2.93. The molecule has 1 N–H and O–H groups in total. The topological polar surface area (TPSA) is 30.5 Å². The molecule has 0 aliphatic heterocycles. The Bertz CT molecular complexity index is 395. The maximum atomic E-state index is 6.25. The zero-order valence-electron chi connectivity index (χ0n) is 12.3. The molecule has 0 aliphatic carbocycles. The Morgan fingerprint density at radius 2 is 1.75 bits per heavy atom. The van der Waals surface area contributed by atoms with Gasteiger partial charge in [-0.2, -0.15) is 0 Å². The van der Waals surface area contributed by atoms with Crippen molar-refractivity contribution in [2.75, 3.05) is 19.8 Å². The maximum absolute atomic E-state index is 6.25. The van der Waals surface area contributed by atoms with Crippen molar-refractivity contribution in [2.45, 2.75) is 39.5 Å². The molecule has 0 fully saturated rings. The van der Waals surface area contributed by atoms with Gasteiger partial charge in [0.2, 0.25) is 0 Å². The molecule has 1 unspecified atom stereocenters. The summed E-state index contributed by atoms with van der Waals surface area (Å²) in [5.41, 5.74) is 0.995. The summed E-state index contributed by atoms with van der Waals surface area (Å²) in [5, 5.41) is 4.57. The van der Waals surface area contributed by atoms with E-state index < -0.39 is 0 Å². The van der Waals surface area contributed by atoms with Gasteiger partial charge in [0.05, 0.1) is 16.1 Å². The highest BCUT2D eigenvalue weighted by Gasteiger charge is 2.23. The summed E-state index contributed by atoms with van der Waals surface area (Å²) >= 11 is 12.3. The largest absolute Gasteiger partial charge is 0.351 e. The molecular weight excluding hydrogens is 297 g/mol. The molecule has 0 spiro atoms. The van der Waals surface area contributed by atoms with Gasteiger partial charge in [-0.1, -0.05) is 42.3 Å². The fourth-order valence-electron chi connectivity index (χ4n) is 2.08. The molecule has 1 aromatic rings. The Hall–Kier alpha value is -0.320. The van der Waals surface area contributed by atoms with E-state index >= 15 is 0 Å². The molecule has 0 saturated heterocycles. The van der Waals surface area contributed by atoms with E-state index in [0.717, 1.165) is 12.1 Å². The normalized spacial score (nSPS) is 12.9. The Labute approximate surface area is 131 Å². The van der Waals surface area contributed by atoms with Crippen molar-refractivity contribution in [3.05, 3.63) is 33.8 Å². The van der Waals surface area contributed by atoms with Gasteiger partial charge in [-0.25, -0.2) is 0 Å². The predicted molar refractivity (Wildman–Crippen MR) is 84.7 cm³/mol. The van der Waals surface area contributed by atoms with Crippen LogP contribution in [0.15, 0.2) is 18.2 Å². The van der Waals surface area contributed by atoms with Crippen LogP contribution in [0.1, 0.15) is 26.3 Å². The lowest BCUT2D eigenvalue weighted by atomic mass is 10.1. The second-order valence-electron chi connectivity index (χ2n) is 4.36. The second-order valence-corrected chi connectivity index (χ2v) is 5.15. The number of rotatable bonds is 9. The highest BCUT2D eigenvalue weighted by atomic mass is 35.5. The molecule has 0 heterocycles. The first-order valence-electron chi connectivity index (χ1n) is 7.03. The average Bonchev–Trinajstić information content (AvgIpc) is 2.43. The zero-order chi connectivity index (χ0) is 15.0. The van der Waals surface area contributed by atoms with Crippen LogP contribution < -0.4 is 5.32 Å². The molecule has 1 rings (SSSR count). The lowest BCUT2D eigenvalue weighted by molar-refractivity contribution is -0.153. The number of hydrogen-bond donors (Lipinski definition) is 1. The van der Waals surface area contributed by atoms with Crippen LogP contribution in [0.5, 0.6) is 0 Å². The summed E-state index contributed by atoms with van der Waals surface area (Å²) in [6.45, 7) is 8.02. The van der Waals surface area contributed by atoms with Gasteiger partial charge in [-0.15, -0.1) is 0 Å². The summed E-state index contributed by atoms with van der Waals surface area (Å²) in [6.07, 6.45) is 0.415. The number of benzene rings is 1. The molecule has 1 atom stereocenters. The monoisotopic (exact) mass is 319 g/mol. The van der Waals surface area contributed by atoms with E-state index in [9.17, 15) is 0 Å². The lowest BCUT2D eigenvalue weighted by Gasteiger charge is -2.27. The van der Waals surface area contributed by atoms with Gasteiger partial charge < -0.3 is 14.8 Å². The molecule has 0 bridgehead atoms. The van der Waals surface area contributed by atoms with Crippen molar-refractivity contribution in [3.8, 4) is 0 Å². The van der Waals surface area contributed by atoms with E-state index in [0.29, 0.717) is 29.7 Å². The van der Waals surface area contributed by atoms with Crippen LogP contribution >= 0.6 is 23.2 Å². The molecule has 0 amide bonds. The first-order chi connectivity index (χ1) is 9.63. The van der Waals surface area contributed by atoms with Crippen LogP contribution in [0.3, 0.4) is 0 Å². The van der Waals surface area contributed by atoms with Crippen molar-refractivity contribution < 1.29 is 9.47 Å². The molecule has 1 aromatic carbocycles. The Morgan fingerprint density at radius 1 is 1.10 bits per heavy atom. The molecule has 0 aliphatic rings. The molecule has 5 heteroatoms. The standard InChI is InChI=1S/C15H23Cl2NO2/c1-4-18-13(15(19-5-2)20-6-3)10-11-8-7-9-12(16)14(11)17/h7-9,13,15,18H,4-6,10H2,1-3H3. The van der Waals surface area contributed by atoms with Gasteiger partial charge in [-0.3, -0.25) is 0 Å². The van der Waals surface area contributed by atoms with Crippen molar-refractivity contribution in [1.29, 1.82) is 0 Å². The fraction of sp³-hybridized carbons (Fsp3) is 0.600. The van der Waals surface area contributed by atoms with Crippen LogP contribution in [-0.2, 0) is 15.9 Å². The number of ether oxygens (including phenoxy) is 2. The summed E-state index contributed by atoms with van der Waals surface area (Å²) < 4.78 is 11.4. The smallest absolute Gasteiger partial charge is 0.172 e. The lowest BCUT2D eigenvalue weighted by Crippen LogP contribution is -2.44. The third-order valence-corrected chi connectivity index (χ3v) is 3.79. The number of nitrogens with one attached hydrogen (secondary N) is 1. The Balaban J connectivity index is 2.86. The second kappa shape index (κ2) is 9.59. The van der Waals surface area contributed by atoms with E-state index in [4.69, 9.17) is 32.7 Å². The molecule has 0 aromatic heterocycles. The average molecular weight is 320 g/mol. The van der Waals surface area contributed by atoms with Crippen LogP contribution in [0.25, 0.3) is 0 Å².